The second kappa shape index (κ2) is 5.24. The largest absolute Gasteiger partial charge is 0.355 e. The van der Waals surface area contributed by atoms with Crippen molar-refractivity contribution in [2.75, 3.05) is 5.32 Å². The lowest BCUT2D eigenvalue weighted by molar-refractivity contribution is 1.38. The summed E-state index contributed by atoms with van der Waals surface area (Å²) in [5.41, 5.74) is 4.90. The molecule has 0 saturated heterocycles. The van der Waals surface area contributed by atoms with Gasteiger partial charge in [0.2, 0.25) is 0 Å². The Hall–Kier alpha value is -1.79. The Labute approximate surface area is 115 Å². The fourth-order valence-corrected chi connectivity index (χ4v) is 2.34. The molecule has 0 aromatic heterocycles. The van der Waals surface area contributed by atoms with Gasteiger partial charge in [0.1, 0.15) is 0 Å². The maximum absolute atomic E-state index is 8.90. The van der Waals surface area contributed by atoms with Crippen molar-refractivity contribution in [3.05, 3.63) is 57.6 Å². The molecular formula is C15H13BrN2. The summed E-state index contributed by atoms with van der Waals surface area (Å²) in [6.45, 7) is 3.99. The van der Waals surface area contributed by atoms with E-state index in [2.05, 4.69) is 46.4 Å². The van der Waals surface area contributed by atoms with E-state index in [1.807, 2.05) is 31.2 Å². The first kappa shape index (κ1) is 12.7. The van der Waals surface area contributed by atoms with Crippen LogP contribution in [0.5, 0.6) is 0 Å². The van der Waals surface area contributed by atoms with Crippen LogP contribution >= 0.6 is 15.9 Å². The fraction of sp³-hybridized carbons (Fsp3) is 0.133. The van der Waals surface area contributed by atoms with Crippen LogP contribution in [0.1, 0.15) is 16.7 Å². The minimum absolute atomic E-state index is 0.712. The van der Waals surface area contributed by atoms with Gasteiger partial charge in [-0.05, 0) is 71.2 Å². The molecule has 3 heteroatoms. The Bertz CT molecular complexity index is 627. The molecule has 0 amide bonds. The molecule has 2 rings (SSSR count). The van der Waals surface area contributed by atoms with Gasteiger partial charge < -0.3 is 5.32 Å². The van der Waals surface area contributed by atoms with Gasteiger partial charge in [0.05, 0.1) is 17.3 Å². The Kier molecular flexibility index (Phi) is 3.69. The molecule has 1 N–H and O–H groups in total. The van der Waals surface area contributed by atoms with E-state index >= 15 is 0 Å². The van der Waals surface area contributed by atoms with Crippen molar-refractivity contribution in [1.29, 1.82) is 5.26 Å². The summed E-state index contributed by atoms with van der Waals surface area (Å²) in [6, 6.07) is 14.1. The highest BCUT2D eigenvalue weighted by molar-refractivity contribution is 9.10. The number of rotatable bonds is 2. The molecule has 0 heterocycles. The number of aryl methyl sites for hydroxylation is 2. The van der Waals surface area contributed by atoms with Crippen LogP contribution in [0, 0.1) is 25.2 Å². The van der Waals surface area contributed by atoms with Crippen molar-refractivity contribution in [3.63, 3.8) is 0 Å². The van der Waals surface area contributed by atoms with Crippen LogP contribution in [0.15, 0.2) is 40.9 Å². The minimum Gasteiger partial charge on any atom is -0.355 e. The number of benzene rings is 2. The quantitative estimate of drug-likeness (QED) is 0.874. The molecule has 2 nitrogen and oxygen atoms in total. The molecule has 0 unspecified atom stereocenters. The molecule has 0 aliphatic heterocycles. The number of hydrogen-bond donors (Lipinski definition) is 1. The van der Waals surface area contributed by atoms with Gasteiger partial charge in [0.25, 0.3) is 0 Å². The highest BCUT2D eigenvalue weighted by atomic mass is 79.9. The number of hydrogen-bond acceptors (Lipinski definition) is 2. The molecule has 0 radical (unpaired) electrons. The maximum Gasteiger partial charge on any atom is 0.0994 e. The molecule has 90 valence electrons. The van der Waals surface area contributed by atoms with E-state index in [1.165, 1.54) is 5.56 Å². The number of anilines is 2. The van der Waals surface area contributed by atoms with Crippen LogP contribution in [-0.4, -0.2) is 0 Å². The first-order valence-electron chi connectivity index (χ1n) is 5.64. The highest BCUT2D eigenvalue weighted by Gasteiger charge is 2.02. The topological polar surface area (TPSA) is 35.8 Å². The molecule has 0 saturated carbocycles. The number of halogens is 1. The molecular weight excluding hydrogens is 288 g/mol. The second-order valence-corrected chi connectivity index (χ2v) is 5.10. The summed E-state index contributed by atoms with van der Waals surface area (Å²) >= 11 is 3.54. The van der Waals surface area contributed by atoms with Crippen molar-refractivity contribution >= 4 is 27.3 Å². The Morgan fingerprint density at radius 3 is 2.50 bits per heavy atom. The van der Waals surface area contributed by atoms with Crippen molar-refractivity contribution in [2.45, 2.75) is 13.8 Å². The molecule has 2 aromatic carbocycles. The first-order chi connectivity index (χ1) is 8.60. The van der Waals surface area contributed by atoms with Gasteiger partial charge in [-0.25, -0.2) is 0 Å². The standard InChI is InChI=1S/C15H13BrN2/c1-10-3-6-15(14(16)7-10)18-13-5-4-12(9-17)11(2)8-13/h3-8,18H,1-2H3. The third-order valence-electron chi connectivity index (χ3n) is 2.75. The Morgan fingerprint density at radius 1 is 1.11 bits per heavy atom. The molecule has 2 aromatic rings. The highest BCUT2D eigenvalue weighted by Crippen LogP contribution is 2.27. The molecule has 0 aliphatic carbocycles. The van der Waals surface area contributed by atoms with Crippen molar-refractivity contribution in [1.82, 2.24) is 0 Å². The lowest BCUT2D eigenvalue weighted by Gasteiger charge is -2.10. The van der Waals surface area contributed by atoms with E-state index in [9.17, 15) is 0 Å². The van der Waals surface area contributed by atoms with Gasteiger partial charge in [-0.2, -0.15) is 5.26 Å². The van der Waals surface area contributed by atoms with Gasteiger partial charge in [-0.3, -0.25) is 0 Å². The number of nitrogens with one attached hydrogen (secondary N) is 1. The Morgan fingerprint density at radius 2 is 1.89 bits per heavy atom. The SMILES string of the molecule is Cc1ccc(Nc2ccc(C#N)c(C)c2)c(Br)c1. The lowest BCUT2D eigenvalue weighted by Crippen LogP contribution is -1.93. The number of nitriles is 1. The van der Waals surface area contributed by atoms with Crippen LogP contribution in [0.25, 0.3) is 0 Å². The monoisotopic (exact) mass is 300 g/mol. The van der Waals surface area contributed by atoms with E-state index in [4.69, 9.17) is 5.26 Å². The first-order valence-corrected chi connectivity index (χ1v) is 6.43. The summed E-state index contributed by atoms with van der Waals surface area (Å²) < 4.78 is 1.03. The summed E-state index contributed by atoms with van der Waals surface area (Å²) in [7, 11) is 0. The van der Waals surface area contributed by atoms with Crippen LogP contribution in [0.4, 0.5) is 11.4 Å². The molecule has 0 aliphatic rings. The molecule has 0 fully saturated rings. The maximum atomic E-state index is 8.90. The average molecular weight is 301 g/mol. The third kappa shape index (κ3) is 2.72. The minimum atomic E-state index is 0.712. The van der Waals surface area contributed by atoms with Gasteiger partial charge in [0.15, 0.2) is 0 Å². The summed E-state index contributed by atoms with van der Waals surface area (Å²) in [4.78, 5) is 0. The van der Waals surface area contributed by atoms with E-state index in [0.29, 0.717) is 5.56 Å². The molecule has 0 atom stereocenters. The zero-order chi connectivity index (χ0) is 13.1. The molecule has 0 bridgehead atoms. The van der Waals surface area contributed by atoms with Crippen molar-refractivity contribution < 1.29 is 0 Å². The normalized spacial score (nSPS) is 9.89. The van der Waals surface area contributed by atoms with Crippen LogP contribution in [0.3, 0.4) is 0 Å². The summed E-state index contributed by atoms with van der Waals surface area (Å²) in [6.07, 6.45) is 0. The van der Waals surface area contributed by atoms with Crippen LogP contribution in [0.2, 0.25) is 0 Å². The van der Waals surface area contributed by atoms with Gasteiger partial charge in [0, 0.05) is 10.2 Å². The third-order valence-corrected chi connectivity index (χ3v) is 3.41. The summed E-state index contributed by atoms with van der Waals surface area (Å²) in [5, 5.41) is 12.2. The van der Waals surface area contributed by atoms with Crippen molar-refractivity contribution in [2.24, 2.45) is 0 Å². The zero-order valence-electron chi connectivity index (χ0n) is 10.3. The average Bonchev–Trinajstić information content (AvgIpc) is 2.33. The van der Waals surface area contributed by atoms with Crippen LogP contribution in [-0.2, 0) is 0 Å². The van der Waals surface area contributed by atoms with E-state index < -0.39 is 0 Å². The smallest absolute Gasteiger partial charge is 0.0994 e. The van der Waals surface area contributed by atoms with Crippen molar-refractivity contribution in [3.8, 4) is 6.07 Å². The molecule has 18 heavy (non-hydrogen) atoms. The van der Waals surface area contributed by atoms with Gasteiger partial charge in [-0.1, -0.05) is 6.07 Å². The van der Waals surface area contributed by atoms with Gasteiger partial charge in [-0.15, -0.1) is 0 Å². The number of nitrogens with zero attached hydrogens (tertiary/aromatic N) is 1. The van der Waals surface area contributed by atoms with E-state index in [1.54, 1.807) is 0 Å². The zero-order valence-corrected chi connectivity index (χ0v) is 11.9. The predicted molar refractivity (Wildman–Crippen MR) is 78.1 cm³/mol. The van der Waals surface area contributed by atoms with Gasteiger partial charge >= 0.3 is 0 Å². The van der Waals surface area contributed by atoms with E-state index in [-0.39, 0.29) is 0 Å². The van der Waals surface area contributed by atoms with Crippen LogP contribution < -0.4 is 5.32 Å². The second-order valence-electron chi connectivity index (χ2n) is 4.25. The fourth-order valence-electron chi connectivity index (χ4n) is 1.74. The lowest BCUT2D eigenvalue weighted by atomic mass is 10.1. The Balaban J connectivity index is 2.29. The summed E-state index contributed by atoms with van der Waals surface area (Å²) in [5.74, 6) is 0. The van der Waals surface area contributed by atoms with E-state index in [0.717, 1.165) is 21.4 Å². The predicted octanol–water partition coefficient (Wildman–Crippen LogP) is 4.68. The molecule has 0 spiro atoms.